The minimum absolute atomic E-state index is 0.218. The zero-order chi connectivity index (χ0) is 22.3. The second-order valence-electron chi connectivity index (χ2n) is 8.30. The molecule has 0 saturated heterocycles. The van der Waals surface area contributed by atoms with Gasteiger partial charge in [-0.05, 0) is 49.1 Å². The predicted octanol–water partition coefficient (Wildman–Crippen LogP) is 7.68. The standard InChI is InChI=1S/C26H38F2N2O/c1-3-5-6-7-8-9-10-11-13-21-18-29-26(30-19-21)22-14-16-23(17-15-22)31-20-25(28)24(27)12-4-2/h14-19,24-25H,3-13,20H2,1-2H3. The van der Waals surface area contributed by atoms with Crippen molar-refractivity contribution in [3.05, 3.63) is 42.2 Å². The highest BCUT2D eigenvalue weighted by atomic mass is 19.2. The third-order valence-electron chi connectivity index (χ3n) is 5.50. The number of unbranched alkanes of at least 4 members (excludes halogenated alkanes) is 7. The average molecular weight is 433 g/mol. The highest BCUT2D eigenvalue weighted by Crippen LogP contribution is 2.21. The molecule has 5 heteroatoms. The summed E-state index contributed by atoms with van der Waals surface area (Å²) in [7, 11) is 0. The molecule has 2 unspecified atom stereocenters. The number of aryl methyl sites for hydroxylation is 1. The van der Waals surface area contributed by atoms with Crippen LogP contribution in [-0.4, -0.2) is 28.9 Å². The molecule has 31 heavy (non-hydrogen) atoms. The molecule has 0 amide bonds. The summed E-state index contributed by atoms with van der Waals surface area (Å²) in [6.07, 6.45) is 13.1. The Kier molecular flexibility index (Phi) is 12.1. The first-order chi connectivity index (χ1) is 15.1. The van der Waals surface area contributed by atoms with Gasteiger partial charge in [0.25, 0.3) is 0 Å². The van der Waals surface area contributed by atoms with Gasteiger partial charge in [-0.2, -0.15) is 0 Å². The van der Waals surface area contributed by atoms with Gasteiger partial charge in [0.05, 0.1) is 0 Å². The van der Waals surface area contributed by atoms with Gasteiger partial charge in [-0.25, -0.2) is 18.7 Å². The van der Waals surface area contributed by atoms with Gasteiger partial charge >= 0.3 is 0 Å². The number of hydrogen-bond donors (Lipinski definition) is 0. The molecule has 172 valence electrons. The van der Waals surface area contributed by atoms with E-state index in [0.29, 0.717) is 18.0 Å². The van der Waals surface area contributed by atoms with E-state index in [4.69, 9.17) is 4.74 Å². The Morgan fingerprint density at radius 1 is 0.774 bits per heavy atom. The Hall–Kier alpha value is -2.04. The zero-order valence-electron chi connectivity index (χ0n) is 19.2. The Bertz CT molecular complexity index is 706. The lowest BCUT2D eigenvalue weighted by atomic mass is 10.1. The number of ether oxygens (including phenoxy) is 1. The Morgan fingerprint density at radius 3 is 2.00 bits per heavy atom. The van der Waals surface area contributed by atoms with Gasteiger partial charge < -0.3 is 4.74 Å². The van der Waals surface area contributed by atoms with Crippen molar-refractivity contribution in [2.45, 2.75) is 96.8 Å². The van der Waals surface area contributed by atoms with Crippen molar-refractivity contribution in [3.8, 4) is 17.1 Å². The molecule has 0 bridgehead atoms. The van der Waals surface area contributed by atoms with Crippen LogP contribution < -0.4 is 4.74 Å². The summed E-state index contributed by atoms with van der Waals surface area (Å²) in [5, 5.41) is 0. The molecular formula is C26H38F2N2O. The molecule has 1 heterocycles. The molecule has 0 fully saturated rings. The summed E-state index contributed by atoms with van der Waals surface area (Å²) in [5.41, 5.74) is 2.04. The van der Waals surface area contributed by atoms with Crippen LogP contribution in [0, 0.1) is 0 Å². The maximum absolute atomic E-state index is 13.7. The second kappa shape index (κ2) is 14.9. The summed E-state index contributed by atoms with van der Waals surface area (Å²) < 4.78 is 32.6. The quantitative estimate of drug-likeness (QED) is 0.255. The van der Waals surface area contributed by atoms with Crippen LogP contribution in [0.25, 0.3) is 11.4 Å². The van der Waals surface area contributed by atoms with Gasteiger partial charge in [0.15, 0.2) is 12.0 Å². The maximum atomic E-state index is 13.7. The van der Waals surface area contributed by atoms with Crippen molar-refractivity contribution in [3.63, 3.8) is 0 Å². The number of halogens is 2. The molecule has 2 rings (SSSR count). The molecule has 0 aliphatic rings. The van der Waals surface area contributed by atoms with E-state index >= 15 is 0 Å². The van der Waals surface area contributed by atoms with Crippen molar-refractivity contribution >= 4 is 0 Å². The monoisotopic (exact) mass is 432 g/mol. The molecule has 2 atom stereocenters. The summed E-state index contributed by atoms with van der Waals surface area (Å²) in [4.78, 5) is 8.97. The molecule has 3 nitrogen and oxygen atoms in total. The lowest BCUT2D eigenvalue weighted by Gasteiger charge is -2.14. The van der Waals surface area contributed by atoms with Crippen molar-refractivity contribution < 1.29 is 13.5 Å². The number of nitrogens with zero attached hydrogens (tertiary/aromatic N) is 2. The fourth-order valence-electron chi connectivity index (χ4n) is 3.53. The lowest BCUT2D eigenvalue weighted by Crippen LogP contribution is -2.24. The van der Waals surface area contributed by atoms with E-state index in [1.807, 2.05) is 31.5 Å². The predicted molar refractivity (Wildman–Crippen MR) is 124 cm³/mol. The van der Waals surface area contributed by atoms with E-state index in [9.17, 15) is 8.78 Å². The molecule has 0 N–H and O–H groups in total. The van der Waals surface area contributed by atoms with Crippen LogP contribution in [0.3, 0.4) is 0 Å². The van der Waals surface area contributed by atoms with Gasteiger partial charge in [0, 0.05) is 18.0 Å². The number of hydrogen-bond acceptors (Lipinski definition) is 3. The third-order valence-corrected chi connectivity index (χ3v) is 5.50. The van der Waals surface area contributed by atoms with Gasteiger partial charge in [-0.1, -0.05) is 65.2 Å². The minimum Gasteiger partial charge on any atom is -0.490 e. The van der Waals surface area contributed by atoms with Crippen LogP contribution in [0.4, 0.5) is 8.78 Å². The van der Waals surface area contributed by atoms with Gasteiger partial charge in [0.2, 0.25) is 0 Å². The first-order valence-electron chi connectivity index (χ1n) is 12.0. The summed E-state index contributed by atoms with van der Waals surface area (Å²) in [5.74, 6) is 1.17. The summed E-state index contributed by atoms with van der Waals surface area (Å²) in [6.45, 7) is 3.81. The lowest BCUT2D eigenvalue weighted by molar-refractivity contribution is 0.103. The average Bonchev–Trinajstić information content (AvgIpc) is 2.80. The fraction of sp³-hybridized carbons (Fsp3) is 0.615. The Morgan fingerprint density at radius 2 is 1.39 bits per heavy atom. The third kappa shape index (κ3) is 9.75. The van der Waals surface area contributed by atoms with Crippen molar-refractivity contribution in [2.24, 2.45) is 0 Å². The molecular weight excluding hydrogens is 394 g/mol. The van der Waals surface area contributed by atoms with E-state index in [0.717, 1.165) is 17.5 Å². The molecule has 0 aliphatic carbocycles. The maximum Gasteiger partial charge on any atom is 0.165 e. The summed E-state index contributed by atoms with van der Waals surface area (Å²) in [6, 6.07) is 7.17. The molecule has 0 spiro atoms. The van der Waals surface area contributed by atoms with Crippen LogP contribution >= 0.6 is 0 Å². The van der Waals surface area contributed by atoms with E-state index < -0.39 is 12.3 Å². The highest BCUT2D eigenvalue weighted by molar-refractivity contribution is 5.55. The van der Waals surface area contributed by atoms with Crippen LogP contribution in [-0.2, 0) is 6.42 Å². The summed E-state index contributed by atoms with van der Waals surface area (Å²) >= 11 is 0. The van der Waals surface area contributed by atoms with Crippen molar-refractivity contribution in [1.82, 2.24) is 9.97 Å². The minimum atomic E-state index is -1.60. The number of aromatic nitrogens is 2. The largest absolute Gasteiger partial charge is 0.490 e. The van der Waals surface area contributed by atoms with E-state index in [2.05, 4.69) is 16.9 Å². The van der Waals surface area contributed by atoms with Crippen molar-refractivity contribution in [2.75, 3.05) is 6.61 Å². The van der Waals surface area contributed by atoms with Crippen LogP contribution in [0.2, 0.25) is 0 Å². The smallest absolute Gasteiger partial charge is 0.165 e. The van der Waals surface area contributed by atoms with Gasteiger partial charge in [0.1, 0.15) is 18.5 Å². The molecule has 0 radical (unpaired) electrons. The second-order valence-corrected chi connectivity index (χ2v) is 8.30. The van der Waals surface area contributed by atoms with Gasteiger partial charge in [-0.3, -0.25) is 0 Å². The Labute approximate surface area is 186 Å². The van der Waals surface area contributed by atoms with E-state index in [-0.39, 0.29) is 13.0 Å². The SMILES string of the molecule is CCCCCCCCCCc1cnc(-c2ccc(OCC(F)C(F)CCC)cc2)nc1. The topological polar surface area (TPSA) is 35.0 Å². The van der Waals surface area contributed by atoms with E-state index in [1.54, 1.807) is 12.1 Å². The van der Waals surface area contributed by atoms with E-state index in [1.165, 1.54) is 51.4 Å². The number of alkyl halides is 2. The fourth-order valence-corrected chi connectivity index (χ4v) is 3.53. The van der Waals surface area contributed by atoms with Crippen molar-refractivity contribution in [1.29, 1.82) is 0 Å². The zero-order valence-corrected chi connectivity index (χ0v) is 19.2. The molecule has 1 aromatic heterocycles. The first kappa shape index (κ1) is 25.2. The van der Waals surface area contributed by atoms with Gasteiger partial charge in [-0.15, -0.1) is 0 Å². The molecule has 0 aliphatic heterocycles. The number of benzene rings is 1. The normalized spacial score (nSPS) is 13.2. The van der Waals surface area contributed by atoms with Crippen LogP contribution in [0.15, 0.2) is 36.7 Å². The highest BCUT2D eigenvalue weighted by Gasteiger charge is 2.20. The molecule has 1 aromatic carbocycles. The van der Waals surface area contributed by atoms with Crippen LogP contribution in [0.5, 0.6) is 5.75 Å². The van der Waals surface area contributed by atoms with Crippen LogP contribution in [0.1, 0.15) is 83.6 Å². The first-order valence-corrected chi connectivity index (χ1v) is 12.0. The molecule has 2 aromatic rings. The molecule has 0 saturated carbocycles. The number of rotatable bonds is 16. The Balaban J connectivity index is 1.72.